The van der Waals surface area contributed by atoms with E-state index in [1.54, 1.807) is 0 Å². The molecular formula is CoFe4O5. The van der Waals surface area contributed by atoms with Gasteiger partial charge in [0.25, 0.3) is 0 Å². The fraction of sp³-hybridized carbons (Fsp3) is 0. The van der Waals surface area contributed by atoms with Gasteiger partial charge in [-0.15, -0.1) is 0 Å². The Morgan fingerprint density at radius 3 is 0.400 bits per heavy atom. The molecule has 10 heteroatoms. The van der Waals surface area contributed by atoms with Gasteiger partial charge in [-0.25, -0.2) is 0 Å². The van der Waals surface area contributed by atoms with E-state index in [0.29, 0.717) is 0 Å². The minimum atomic E-state index is 0. The SMILES string of the molecule is [Co].[Fe+2].[Fe+2].[Fe+3].[Fe+3].[O-2].[O-2].[O-2].[O-2].[O-2]. The molecule has 0 aliphatic rings. The number of rotatable bonds is 0. The molecule has 0 fully saturated rings. The maximum atomic E-state index is 0. The summed E-state index contributed by atoms with van der Waals surface area (Å²) in [5.74, 6) is 0. The zero-order valence-electron chi connectivity index (χ0n) is 3.79. The van der Waals surface area contributed by atoms with E-state index in [4.69, 9.17) is 0 Å². The normalized spacial score (nSPS) is 0. The molecule has 0 unspecified atom stereocenters. The molecule has 0 atom stereocenters. The van der Waals surface area contributed by atoms with Crippen molar-refractivity contribution < 1.29 is 112 Å². The van der Waals surface area contributed by atoms with Crippen molar-refractivity contribution in [2.45, 2.75) is 0 Å². The Balaban J connectivity index is 0. The first-order valence-corrected chi connectivity index (χ1v) is 0. The topological polar surface area (TPSA) is 142 Å². The standard InChI is InChI=1S/Co.4Fe.5O/q;2*+2;2*+3;5*-2. The summed E-state index contributed by atoms with van der Waals surface area (Å²) in [6.07, 6.45) is 0. The first-order chi connectivity index (χ1) is 0. The van der Waals surface area contributed by atoms with Gasteiger partial charge < -0.3 is 27.4 Å². The molecule has 0 N–H and O–H groups in total. The molecule has 71 valence electrons. The molecule has 5 nitrogen and oxygen atoms in total. The third-order valence-electron chi connectivity index (χ3n) is 0. The molecule has 0 heterocycles. The van der Waals surface area contributed by atoms with Crippen LogP contribution in [0.15, 0.2) is 0 Å². The van der Waals surface area contributed by atoms with E-state index < -0.39 is 0 Å². The predicted molar refractivity (Wildman–Crippen MR) is 3.43 cm³/mol. The van der Waals surface area contributed by atoms with Gasteiger partial charge in [0.05, 0.1) is 0 Å². The largest absolute Gasteiger partial charge is 3.00 e. The zero-order chi connectivity index (χ0) is 0. The Labute approximate surface area is 111 Å². The van der Waals surface area contributed by atoms with Crippen LogP contribution in [0.25, 0.3) is 0 Å². The summed E-state index contributed by atoms with van der Waals surface area (Å²) in [4.78, 5) is 0. The monoisotopic (exact) mass is 363 g/mol. The average Bonchev–Trinajstić information content (AvgIpc) is 0. The van der Waals surface area contributed by atoms with E-state index in [9.17, 15) is 0 Å². The summed E-state index contributed by atoms with van der Waals surface area (Å²) >= 11 is 0. The van der Waals surface area contributed by atoms with Gasteiger partial charge in [0.1, 0.15) is 0 Å². The molecule has 0 saturated heterocycles. The predicted octanol–water partition coefficient (Wildman–Crippen LogP) is -0.607. The summed E-state index contributed by atoms with van der Waals surface area (Å²) in [5, 5.41) is 0. The Bertz CT molecular complexity index is 13.6. The minimum Gasteiger partial charge on any atom is -2.00 e. The second kappa shape index (κ2) is 216. The molecule has 3 radical (unpaired) electrons. The summed E-state index contributed by atoms with van der Waals surface area (Å²) < 4.78 is 0. The van der Waals surface area contributed by atoms with Crippen LogP contribution in [0.2, 0.25) is 0 Å². The van der Waals surface area contributed by atoms with E-state index in [-0.39, 0.29) is 112 Å². The van der Waals surface area contributed by atoms with Gasteiger partial charge in [-0.3, -0.25) is 0 Å². The second-order valence-corrected chi connectivity index (χ2v) is 0. The number of hydrogen-bond donors (Lipinski definition) is 0. The molecule has 10 heavy (non-hydrogen) atoms. The minimum absolute atomic E-state index is 0. The molecular weight excluding hydrogens is 362 g/mol. The second-order valence-electron chi connectivity index (χ2n) is 0. The summed E-state index contributed by atoms with van der Waals surface area (Å²) in [6, 6.07) is 0. The first-order valence-electron chi connectivity index (χ1n) is 0. The molecule has 0 aromatic rings. The molecule has 0 aliphatic carbocycles. The van der Waals surface area contributed by atoms with Gasteiger partial charge >= 0.3 is 68.3 Å². The Kier molecular flexibility index (Phi) is 6100. The van der Waals surface area contributed by atoms with E-state index in [1.807, 2.05) is 0 Å². The smallest absolute Gasteiger partial charge is 2.00 e. The molecule has 0 aromatic carbocycles. The van der Waals surface area contributed by atoms with Crippen molar-refractivity contribution in [3.8, 4) is 0 Å². The Morgan fingerprint density at radius 1 is 0.400 bits per heavy atom. The van der Waals surface area contributed by atoms with Crippen molar-refractivity contribution in [1.29, 1.82) is 0 Å². The van der Waals surface area contributed by atoms with Crippen molar-refractivity contribution in [2.75, 3.05) is 0 Å². The summed E-state index contributed by atoms with van der Waals surface area (Å²) in [6.45, 7) is 0. The van der Waals surface area contributed by atoms with Crippen LogP contribution in [0.4, 0.5) is 0 Å². The van der Waals surface area contributed by atoms with Crippen molar-refractivity contribution in [1.82, 2.24) is 0 Å². The van der Waals surface area contributed by atoms with Crippen LogP contribution in [-0.2, 0) is 112 Å². The van der Waals surface area contributed by atoms with Crippen molar-refractivity contribution in [2.24, 2.45) is 0 Å². The third kappa shape index (κ3) is 161. The number of hydrogen-bond acceptors (Lipinski definition) is 0. The van der Waals surface area contributed by atoms with Crippen LogP contribution < -0.4 is 0 Å². The third-order valence-corrected chi connectivity index (χ3v) is 0. The molecule has 0 amide bonds. The Morgan fingerprint density at radius 2 is 0.400 bits per heavy atom. The maximum absolute atomic E-state index is 0. The van der Waals surface area contributed by atoms with Crippen molar-refractivity contribution in [3.05, 3.63) is 0 Å². The van der Waals surface area contributed by atoms with Crippen LogP contribution in [0.1, 0.15) is 0 Å². The van der Waals surface area contributed by atoms with E-state index in [0.717, 1.165) is 0 Å². The van der Waals surface area contributed by atoms with Gasteiger partial charge in [0, 0.05) is 16.8 Å². The van der Waals surface area contributed by atoms with Crippen molar-refractivity contribution >= 4 is 0 Å². The molecule has 0 rings (SSSR count). The quantitative estimate of drug-likeness (QED) is 0.507. The summed E-state index contributed by atoms with van der Waals surface area (Å²) in [5.41, 5.74) is 0. The fourth-order valence-corrected chi connectivity index (χ4v) is 0. The zero-order valence-corrected chi connectivity index (χ0v) is 9.25. The van der Waals surface area contributed by atoms with Crippen LogP contribution in [-0.4, -0.2) is 0 Å². The van der Waals surface area contributed by atoms with Gasteiger partial charge in [0.15, 0.2) is 0 Å². The van der Waals surface area contributed by atoms with Gasteiger partial charge in [-0.2, -0.15) is 0 Å². The molecule has 0 spiro atoms. The fourth-order valence-electron chi connectivity index (χ4n) is 0. The van der Waals surface area contributed by atoms with Crippen LogP contribution >= 0.6 is 0 Å². The van der Waals surface area contributed by atoms with E-state index in [2.05, 4.69) is 0 Å². The van der Waals surface area contributed by atoms with E-state index >= 15 is 0 Å². The molecule has 0 aromatic heterocycles. The van der Waals surface area contributed by atoms with Crippen LogP contribution in [0.3, 0.4) is 0 Å². The summed E-state index contributed by atoms with van der Waals surface area (Å²) in [7, 11) is 0. The van der Waals surface area contributed by atoms with Crippen LogP contribution in [0, 0.1) is 0 Å². The Hall–Kier alpha value is 2.38. The van der Waals surface area contributed by atoms with Gasteiger partial charge in [-0.1, -0.05) is 0 Å². The first kappa shape index (κ1) is 282. The van der Waals surface area contributed by atoms with Gasteiger partial charge in [0.2, 0.25) is 0 Å². The van der Waals surface area contributed by atoms with E-state index in [1.165, 1.54) is 0 Å². The average molecular weight is 362 g/mol. The van der Waals surface area contributed by atoms with Gasteiger partial charge in [-0.05, 0) is 0 Å². The molecule has 0 aliphatic heterocycles. The van der Waals surface area contributed by atoms with Crippen molar-refractivity contribution in [3.63, 3.8) is 0 Å². The molecule has 0 bridgehead atoms. The van der Waals surface area contributed by atoms with Crippen LogP contribution in [0.5, 0.6) is 0 Å². The molecule has 0 saturated carbocycles. The maximum Gasteiger partial charge on any atom is 3.00 e.